The monoisotopic (exact) mass is 565 g/mol. The number of hydrogen-bond acceptors (Lipinski definition) is 9. The second kappa shape index (κ2) is 11.0. The molecule has 0 aliphatic rings. The number of pyridine rings is 1. The van der Waals surface area contributed by atoms with E-state index in [-0.39, 0.29) is 35.5 Å². The van der Waals surface area contributed by atoms with E-state index in [2.05, 4.69) is 35.2 Å². The molecule has 5 aromatic rings. The van der Waals surface area contributed by atoms with Crippen molar-refractivity contribution >= 4 is 45.9 Å². The van der Waals surface area contributed by atoms with E-state index < -0.39 is 23.2 Å². The molecule has 1 atom stereocenters. The highest BCUT2D eigenvalue weighted by atomic mass is 35.5. The average molecular weight is 566 g/mol. The van der Waals surface area contributed by atoms with E-state index in [0.29, 0.717) is 21.6 Å². The molecule has 39 heavy (non-hydrogen) atoms. The van der Waals surface area contributed by atoms with Gasteiger partial charge in [-0.2, -0.15) is 0 Å². The van der Waals surface area contributed by atoms with Crippen molar-refractivity contribution in [1.29, 1.82) is 0 Å². The molecule has 0 spiro atoms. The number of ether oxygens (including phenoxy) is 1. The number of esters is 1. The van der Waals surface area contributed by atoms with E-state index in [1.807, 2.05) is 43.5 Å². The Labute approximate surface area is 232 Å². The molecule has 9 nitrogen and oxygen atoms in total. The Morgan fingerprint density at radius 1 is 1.21 bits per heavy atom. The fourth-order valence-corrected chi connectivity index (χ4v) is 5.08. The lowest BCUT2D eigenvalue weighted by Crippen LogP contribution is -2.42. The molecule has 5 heterocycles. The summed E-state index contributed by atoms with van der Waals surface area (Å²) in [6.45, 7) is 5.84. The molecule has 0 amide bonds. The number of hydrogen-bond donors (Lipinski definition) is 2. The number of thiophene rings is 1. The zero-order valence-electron chi connectivity index (χ0n) is 21.4. The first kappa shape index (κ1) is 26.6. The van der Waals surface area contributed by atoms with Crippen LogP contribution in [0.2, 0.25) is 5.15 Å². The van der Waals surface area contributed by atoms with E-state index >= 15 is 4.39 Å². The van der Waals surface area contributed by atoms with Gasteiger partial charge in [-0.05, 0) is 30.5 Å². The molecule has 0 aliphatic carbocycles. The lowest BCUT2D eigenvalue weighted by atomic mass is 9.79. The first-order valence-corrected chi connectivity index (χ1v) is 13.5. The van der Waals surface area contributed by atoms with Crippen LogP contribution < -0.4 is 5.32 Å². The number of H-pyrrole nitrogens is 1. The van der Waals surface area contributed by atoms with Crippen LogP contribution in [0.5, 0.6) is 0 Å². The maximum Gasteiger partial charge on any atom is 0.307 e. The van der Waals surface area contributed by atoms with Crippen LogP contribution in [0.3, 0.4) is 0 Å². The Bertz CT molecular complexity index is 1610. The first-order chi connectivity index (χ1) is 18.8. The topological polar surface area (TPSA) is 119 Å². The standard InChI is InChI=1S/C27H25ClFN7O2S/c1-4-38-20(37)12-18(27(2,3)17-9-5-6-10-30-17)33-25-21(29)23(16-8-7-11-39-16)35-24(36-25)15-13-31-26-22(15)34-19(28)14-32-26/h5-11,13-14,18H,4,12H2,1-3H3,(H,31,32)(H,33,35,36). The molecule has 0 aromatic carbocycles. The van der Waals surface area contributed by atoms with Gasteiger partial charge in [0.1, 0.15) is 16.4 Å². The van der Waals surface area contributed by atoms with Crippen molar-refractivity contribution in [3.05, 3.63) is 71.0 Å². The van der Waals surface area contributed by atoms with E-state index in [1.54, 1.807) is 25.4 Å². The molecule has 0 radical (unpaired) electrons. The lowest BCUT2D eigenvalue weighted by molar-refractivity contribution is -0.143. The van der Waals surface area contributed by atoms with Crippen LogP contribution >= 0.6 is 22.9 Å². The van der Waals surface area contributed by atoms with E-state index in [9.17, 15) is 4.79 Å². The van der Waals surface area contributed by atoms with Gasteiger partial charge in [0.15, 0.2) is 23.1 Å². The molecule has 5 rings (SSSR count). The third kappa shape index (κ3) is 5.45. The molecule has 5 aromatic heterocycles. The molecule has 0 fully saturated rings. The smallest absolute Gasteiger partial charge is 0.307 e. The number of halogens is 2. The highest BCUT2D eigenvalue weighted by Gasteiger charge is 2.36. The van der Waals surface area contributed by atoms with Gasteiger partial charge in [0.25, 0.3) is 0 Å². The molecule has 12 heteroatoms. The molecular weight excluding hydrogens is 541 g/mol. The van der Waals surface area contributed by atoms with Crippen molar-refractivity contribution in [3.8, 4) is 22.0 Å². The number of fused-ring (bicyclic) bond motifs is 1. The van der Waals surface area contributed by atoms with Crippen LogP contribution in [0.25, 0.3) is 33.1 Å². The molecule has 0 aliphatic heterocycles. The predicted octanol–water partition coefficient (Wildman–Crippen LogP) is 6.04. The van der Waals surface area contributed by atoms with Gasteiger partial charge in [-0.25, -0.2) is 24.3 Å². The summed E-state index contributed by atoms with van der Waals surface area (Å²) in [5, 5.41) is 5.25. The van der Waals surface area contributed by atoms with Gasteiger partial charge in [0, 0.05) is 29.5 Å². The van der Waals surface area contributed by atoms with Gasteiger partial charge in [-0.3, -0.25) is 9.78 Å². The van der Waals surface area contributed by atoms with Crippen LogP contribution in [0.1, 0.15) is 32.9 Å². The summed E-state index contributed by atoms with van der Waals surface area (Å²) in [5.41, 5.74) is 1.58. The van der Waals surface area contributed by atoms with Crippen LogP contribution in [-0.4, -0.2) is 48.5 Å². The van der Waals surface area contributed by atoms with Gasteiger partial charge in [-0.1, -0.05) is 37.6 Å². The maximum absolute atomic E-state index is 16.1. The van der Waals surface area contributed by atoms with Gasteiger partial charge in [0.05, 0.1) is 29.7 Å². The fraction of sp³-hybridized carbons (Fsp3) is 0.259. The van der Waals surface area contributed by atoms with Crippen molar-refractivity contribution in [2.24, 2.45) is 0 Å². The third-order valence-electron chi connectivity index (χ3n) is 6.38. The molecule has 2 N–H and O–H groups in total. The zero-order chi connectivity index (χ0) is 27.6. The summed E-state index contributed by atoms with van der Waals surface area (Å²) < 4.78 is 21.3. The number of anilines is 1. The van der Waals surface area contributed by atoms with E-state index in [4.69, 9.17) is 16.3 Å². The quantitative estimate of drug-likeness (QED) is 0.208. The minimum Gasteiger partial charge on any atom is -0.466 e. The third-order valence-corrected chi connectivity index (χ3v) is 7.44. The average Bonchev–Trinajstić information content (AvgIpc) is 3.60. The minimum absolute atomic E-state index is 0.0430. The van der Waals surface area contributed by atoms with Crippen molar-refractivity contribution in [1.82, 2.24) is 29.9 Å². The Hall–Kier alpha value is -3.96. The van der Waals surface area contributed by atoms with Crippen LogP contribution in [-0.2, 0) is 14.9 Å². The molecule has 0 saturated heterocycles. The Morgan fingerprint density at radius 3 is 2.77 bits per heavy atom. The fourth-order valence-electron chi connectivity index (χ4n) is 4.24. The Kier molecular flexibility index (Phi) is 7.53. The van der Waals surface area contributed by atoms with E-state index in [1.165, 1.54) is 17.5 Å². The van der Waals surface area contributed by atoms with E-state index in [0.717, 1.165) is 5.69 Å². The predicted molar refractivity (Wildman–Crippen MR) is 149 cm³/mol. The summed E-state index contributed by atoms with van der Waals surface area (Å²) in [5.74, 6) is -0.911. The van der Waals surface area contributed by atoms with Crippen molar-refractivity contribution in [2.45, 2.75) is 38.6 Å². The molecule has 1 unspecified atom stereocenters. The second-order valence-electron chi connectivity index (χ2n) is 9.27. The molecule has 0 bridgehead atoms. The SMILES string of the molecule is CCOC(=O)CC(Nc1nc(-c2c[nH]c3ncc(Cl)nc23)nc(-c2cccs2)c1F)C(C)(C)c1ccccn1. The van der Waals surface area contributed by atoms with Gasteiger partial charge < -0.3 is 15.0 Å². The number of carbonyl (C=O) groups is 1. The Morgan fingerprint density at radius 2 is 2.05 bits per heavy atom. The maximum atomic E-state index is 16.1. The molecular formula is C27H25ClFN7O2S. The first-order valence-electron chi connectivity index (χ1n) is 12.2. The number of nitrogens with one attached hydrogen (secondary N) is 2. The summed E-state index contributed by atoms with van der Waals surface area (Å²) in [6, 6.07) is 8.52. The number of aromatic amines is 1. The summed E-state index contributed by atoms with van der Waals surface area (Å²) in [6.07, 6.45) is 4.72. The lowest BCUT2D eigenvalue weighted by Gasteiger charge is -2.34. The number of rotatable bonds is 9. The summed E-state index contributed by atoms with van der Waals surface area (Å²) in [7, 11) is 0. The van der Waals surface area contributed by atoms with Crippen LogP contribution in [0, 0.1) is 5.82 Å². The zero-order valence-corrected chi connectivity index (χ0v) is 23.0. The van der Waals surface area contributed by atoms with Crippen molar-refractivity contribution in [2.75, 3.05) is 11.9 Å². The normalized spacial score (nSPS) is 12.4. The molecule has 0 saturated carbocycles. The summed E-state index contributed by atoms with van der Waals surface area (Å²) >= 11 is 7.46. The van der Waals surface area contributed by atoms with Gasteiger partial charge >= 0.3 is 5.97 Å². The van der Waals surface area contributed by atoms with Gasteiger partial charge in [-0.15, -0.1) is 11.3 Å². The summed E-state index contributed by atoms with van der Waals surface area (Å²) in [4.78, 5) is 38.6. The van der Waals surface area contributed by atoms with Crippen molar-refractivity contribution < 1.29 is 13.9 Å². The number of carbonyl (C=O) groups excluding carboxylic acids is 1. The molecule has 200 valence electrons. The highest BCUT2D eigenvalue weighted by molar-refractivity contribution is 7.13. The van der Waals surface area contributed by atoms with Crippen LogP contribution in [0.15, 0.2) is 54.3 Å². The van der Waals surface area contributed by atoms with Crippen molar-refractivity contribution in [3.63, 3.8) is 0 Å². The number of aromatic nitrogens is 6. The largest absolute Gasteiger partial charge is 0.466 e. The van der Waals surface area contributed by atoms with Crippen LogP contribution in [0.4, 0.5) is 10.2 Å². The number of nitrogens with zero attached hydrogens (tertiary/aromatic N) is 5. The minimum atomic E-state index is -0.714. The Balaban J connectivity index is 1.64. The second-order valence-corrected chi connectivity index (χ2v) is 10.6. The highest BCUT2D eigenvalue weighted by Crippen LogP contribution is 2.36. The van der Waals surface area contributed by atoms with Gasteiger partial charge in [0.2, 0.25) is 0 Å².